The Hall–Kier alpha value is -1.43. The Kier molecular flexibility index (Phi) is 10.4. The number of thioether (sulfide) groups is 2. The van der Waals surface area contributed by atoms with Crippen LogP contribution in [0.2, 0.25) is 0 Å². The summed E-state index contributed by atoms with van der Waals surface area (Å²) < 4.78 is 5.62. The first-order chi connectivity index (χ1) is 13.1. The molecule has 0 aromatic heterocycles. The molecule has 0 spiro atoms. The van der Waals surface area contributed by atoms with Crippen molar-refractivity contribution in [2.75, 3.05) is 19.0 Å². The number of carboxylic acid groups (broad SMARTS) is 1. The molecule has 0 saturated carbocycles. The van der Waals surface area contributed by atoms with Crippen molar-refractivity contribution in [2.45, 2.75) is 36.5 Å². The normalized spacial score (nSPS) is 12.0. The van der Waals surface area contributed by atoms with Crippen LogP contribution in [-0.2, 0) is 21.0 Å². The van der Waals surface area contributed by atoms with Crippen LogP contribution >= 0.6 is 23.5 Å². The highest BCUT2D eigenvalue weighted by molar-refractivity contribution is 7.99. The molecule has 0 fully saturated rings. The van der Waals surface area contributed by atoms with Crippen LogP contribution < -0.4 is 0 Å². The van der Waals surface area contributed by atoms with E-state index in [0.717, 1.165) is 23.7 Å². The van der Waals surface area contributed by atoms with Crippen LogP contribution in [0.1, 0.15) is 29.5 Å². The second kappa shape index (κ2) is 12.9. The molecule has 3 nitrogen and oxygen atoms in total. The van der Waals surface area contributed by atoms with Crippen molar-refractivity contribution in [2.24, 2.45) is 0 Å². The third-order valence-electron chi connectivity index (χ3n) is 4.03. The lowest BCUT2D eigenvalue weighted by Crippen LogP contribution is -2.15. The maximum absolute atomic E-state index is 10.6. The van der Waals surface area contributed by atoms with Crippen molar-refractivity contribution in [1.82, 2.24) is 0 Å². The maximum Gasteiger partial charge on any atom is 0.305 e. The van der Waals surface area contributed by atoms with Crippen molar-refractivity contribution in [1.29, 1.82) is 0 Å². The third-order valence-corrected chi connectivity index (χ3v) is 6.43. The van der Waals surface area contributed by atoms with Gasteiger partial charge in [0.1, 0.15) is 0 Å². The van der Waals surface area contributed by atoms with Crippen LogP contribution in [0.5, 0.6) is 0 Å². The van der Waals surface area contributed by atoms with Crippen LogP contribution in [0.4, 0.5) is 0 Å². The summed E-state index contributed by atoms with van der Waals surface area (Å²) in [5.74, 6) is 2.24. The van der Waals surface area contributed by atoms with Gasteiger partial charge in [0.15, 0.2) is 0 Å². The van der Waals surface area contributed by atoms with E-state index in [2.05, 4.69) is 55.5 Å². The van der Waals surface area contributed by atoms with Crippen LogP contribution in [0.3, 0.4) is 0 Å². The van der Waals surface area contributed by atoms with Gasteiger partial charge in [-0.2, -0.15) is 23.5 Å². The Morgan fingerprint density at radius 3 is 2.59 bits per heavy atom. The highest BCUT2D eigenvalue weighted by Gasteiger charge is 2.11. The lowest BCUT2D eigenvalue weighted by molar-refractivity contribution is -0.138. The summed E-state index contributed by atoms with van der Waals surface area (Å²) in [4.78, 5) is 10.6. The minimum absolute atomic E-state index is 0.0675. The lowest BCUT2D eigenvalue weighted by atomic mass is 10.2. The van der Waals surface area contributed by atoms with Gasteiger partial charge in [0.05, 0.1) is 19.6 Å². The van der Waals surface area contributed by atoms with Gasteiger partial charge in [-0.25, -0.2) is 0 Å². The van der Waals surface area contributed by atoms with E-state index < -0.39 is 5.97 Å². The summed E-state index contributed by atoms with van der Waals surface area (Å²) in [6.07, 6.45) is 1.12. The molecule has 0 aliphatic heterocycles. The number of carboxylic acids is 1. The van der Waals surface area contributed by atoms with Crippen molar-refractivity contribution in [3.8, 4) is 0 Å². The van der Waals surface area contributed by atoms with Crippen molar-refractivity contribution in [3.05, 3.63) is 71.3 Å². The molecule has 27 heavy (non-hydrogen) atoms. The summed E-state index contributed by atoms with van der Waals surface area (Å²) in [7, 11) is 0. The van der Waals surface area contributed by atoms with E-state index in [1.165, 1.54) is 16.7 Å². The van der Waals surface area contributed by atoms with Gasteiger partial charge in [-0.05, 0) is 30.2 Å². The van der Waals surface area contributed by atoms with Gasteiger partial charge in [0, 0.05) is 16.8 Å². The average Bonchev–Trinajstić information content (AvgIpc) is 2.66. The largest absolute Gasteiger partial charge is 0.481 e. The van der Waals surface area contributed by atoms with E-state index in [1.54, 1.807) is 0 Å². The quantitative estimate of drug-likeness (QED) is 0.452. The van der Waals surface area contributed by atoms with E-state index in [9.17, 15) is 4.79 Å². The van der Waals surface area contributed by atoms with E-state index in [-0.39, 0.29) is 13.0 Å². The Labute approximate surface area is 170 Å². The molecule has 0 radical (unpaired) electrons. The first-order valence-electron chi connectivity index (χ1n) is 9.22. The zero-order chi connectivity index (χ0) is 19.3. The molecule has 0 heterocycles. The van der Waals surface area contributed by atoms with Gasteiger partial charge in [-0.1, -0.05) is 60.2 Å². The molecule has 1 N–H and O–H groups in total. The molecule has 0 aliphatic carbocycles. The molecule has 0 aliphatic rings. The number of rotatable bonds is 13. The van der Waals surface area contributed by atoms with Gasteiger partial charge in [-0.3, -0.25) is 4.79 Å². The smallest absolute Gasteiger partial charge is 0.305 e. The van der Waals surface area contributed by atoms with Crippen LogP contribution in [0.15, 0.2) is 54.6 Å². The zero-order valence-corrected chi connectivity index (χ0v) is 17.4. The summed E-state index contributed by atoms with van der Waals surface area (Å²) in [6.45, 7) is 3.00. The highest BCUT2D eigenvalue weighted by Crippen LogP contribution is 2.24. The van der Waals surface area contributed by atoms with E-state index in [0.29, 0.717) is 11.9 Å². The van der Waals surface area contributed by atoms with Crippen LogP contribution in [0.25, 0.3) is 0 Å². The molecule has 0 bridgehead atoms. The van der Waals surface area contributed by atoms with Gasteiger partial charge in [0.2, 0.25) is 0 Å². The number of hydrogen-bond acceptors (Lipinski definition) is 4. The first-order valence-corrected chi connectivity index (χ1v) is 11.4. The molecule has 146 valence electrons. The zero-order valence-electron chi connectivity index (χ0n) is 15.8. The molecule has 2 aromatic carbocycles. The summed E-state index contributed by atoms with van der Waals surface area (Å²) in [5, 5.41) is 9.13. The van der Waals surface area contributed by atoms with Gasteiger partial charge in [-0.15, -0.1) is 0 Å². The number of hydrogen-bond donors (Lipinski definition) is 1. The molecule has 1 unspecified atom stereocenters. The fourth-order valence-electron chi connectivity index (χ4n) is 2.58. The highest BCUT2D eigenvalue weighted by atomic mass is 32.2. The SMILES string of the molecule is Cc1cccc(CSC(CCSCc2ccccc2)COCCC(=O)O)c1. The molecule has 2 aromatic rings. The lowest BCUT2D eigenvalue weighted by Gasteiger charge is -2.17. The topological polar surface area (TPSA) is 46.5 Å². The molecule has 0 amide bonds. The van der Waals surface area contributed by atoms with Gasteiger partial charge >= 0.3 is 5.97 Å². The van der Waals surface area contributed by atoms with E-state index in [4.69, 9.17) is 9.84 Å². The summed E-state index contributed by atoms with van der Waals surface area (Å²) in [6, 6.07) is 19.1. The van der Waals surface area contributed by atoms with Gasteiger partial charge in [0.25, 0.3) is 0 Å². The number of benzene rings is 2. The van der Waals surface area contributed by atoms with Crippen molar-refractivity contribution < 1.29 is 14.6 Å². The summed E-state index contributed by atoms with van der Waals surface area (Å²) in [5.41, 5.74) is 3.96. The van der Waals surface area contributed by atoms with Gasteiger partial charge < -0.3 is 9.84 Å². The number of aliphatic carboxylic acids is 1. The second-order valence-electron chi connectivity index (χ2n) is 6.47. The monoisotopic (exact) mass is 404 g/mol. The van der Waals surface area contributed by atoms with Crippen LogP contribution in [0, 0.1) is 6.92 Å². The molecule has 1 atom stereocenters. The Bertz CT molecular complexity index is 676. The summed E-state index contributed by atoms with van der Waals surface area (Å²) >= 11 is 3.84. The third kappa shape index (κ3) is 9.89. The Morgan fingerprint density at radius 1 is 1.07 bits per heavy atom. The first kappa shape index (κ1) is 21.9. The molecule has 0 saturated heterocycles. The standard InChI is InChI=1S/C22H28O3S2/c1-18-6-5-9-20(14-18)17-27-21(15-25-12-10-22(23)24)11-13-26-16-19-7-3-2-4-8-19/h2-9,14,21H,10-13,15-17H2,1H3,(H,23,24). The van der Waals surface area contributed by atoms with E-state index in [1.807, 2.05) is 29.6 Å². The molecular formula is C22H28O3S2. The predicted molar refractivity (Wildman–Crippen MR) is 117 cm³/mol. The minimum atomic E-state index is -0.808. The second-order valence-corrected chi connectivity index (χ2v) is 8.86. The Morgan fingerprint density at radius 2 is 1.85 bits per heavy atom. The van der Waals surface area contributed by atoms with Crippen LogP contribution in [-0.4, -0.2) is 35.3 Å². The Balaban J connectivity index is 1.76. The molecule has 2 rings (SSSR count). The number of aryl methyl sites for hydroxylation is 1. The minimum Gasteiger partial charge on any atom is -0.481 e. The number of ether oxygens (including phenoxy) is 1. The molecular weight excluding hydrogens is 376 g/mol. The van der Waals surface area contributed by atoms with Crippen molar-refractivity contribution in [3.63, 3.8) is 0 Å². The fraction of sp³-hybridized carbons (Fsp3) is 0.409. The number of carbonyl (C=O) groups is 1. The van der Waals surface area contributed by atoms with Crippen molar-refractivity contribution >= 4 is 29.5 Å². The maximum atomic E-state index is 10.6. The molecule has 5 heteroatoms. The average molecular weight is 405 g/mol. The fourth-order valence-corrected chi connectivity index (χ4v) is 4.84. The predicted octanol–water partition coefficient (Wildman–Crippen LogP) is 5.41. The van der Waals surface area contributed by atoms with E-state index >= 15 is 0 Å².